The van der Waals surface area contributed by atoms with E-state index in [4.69, 9.17) is 4.42 Å². The quantitative estimate of drug-likeness (QED) is 0.498. The summed E-state index contributed by atoms with van der Waals surface area (Å²) in [5, 5.41) is 0. The van der Waals surface area contributed by atoms with Crippen LogP contribution in [-0.4, -0.2) is 31.7 Å². The average molecular weight is 210 g/mol. The Morgan fingerprint density at radius 1 is 1.20 bits per heavy atom. The molecule has 1 heterocycles. The van der Waals surface area contributed by atoms with Crippen molar-refractivity contribution >= 4 is 0 Å². The molecule has 0 bridgehead atoms. The minimum Gasteiger partial charge on any atom is -0.469 e. The first kappa shape index (κ1) is 12.3. The molecule has 0 atom stereocenters. The van der Waals surface area contributed by atoms with Gasteiger partial charge < -0.3 is 8.90 Å². The van der Waals surface area contributed by atoms with E-state index in [9.17, 15) is 0 Å². The number of unbranched alkanes of at least 4 members (excludes halogenated alkanes) is 2. The molecule has 0 saturated heterocycles. The van der Waals surface area contributed by atoms with Crippen molar-refractivity contribution in [2.45, 2.75) is 32.6 Å². The summed E-state index contributed by atoms with van der Waals surface area (Å²) < 4.78 is 6.44. The predicted octanol–water partition coefficient (Wildman–Crippen LogP) is 3.09. The van der Waals surface area contributed by atoms with Crippen molar-refractivity contribution in [1.82, 2.24) is 0 Å². The minimum atomic E-state index is 1.09. The lowest BCUT2D eigenvalue weighted by atomic mass is 10.1. The van der Waals surface area contributed by atoms with E-state index in [0.717, 1.165) is 16.7 Å². The van der Waals surface area contributed by atoms with Crippen LogP contribution < -0.4 is 0 Å². The maximum Gasteiger partial charge on any atom is 0.103 e. The Bertz CT molecular complexity index is 252. The van der Waals surface area contributed by atoms with Gasteiger partial charge in [-0.15, -0.1) is 0 Å². The molecule has 0 spiro atoms. The number of hydrogen-bond acceptors (Lipinski definition) is 1. The van der Waals surface area contributed by atoms with Crippen molar-refractivity contribution < 1.29 is 8.90 Å². The largest absolute Gasteiger partial charge is 0.469 e. The number of furan rings is 1. The standard InChI is InChI=1S/C13H24NO/c1-4-14(2,3)11-7-5-6-9-13-10-8-12-15-13/h8,10,12H,4-7,9,11H2,1-3H3/q+1. The molecule has 0 N–H and O–H groups in total. The molecule has 0 aliphatic heterocycles. The average Bonchev–Trinajstić information content (AvgIpc) is 2.70. The zero-order valence-corrected chi connectivity index (χ0v) is 10.3. The Balaban J connectivity index is 2.03. The molecule has 1 rings (SSSR count). The first-order valence-corrected chi connectivity index (χ1v) is 5.98. The van der Waals surface area contributed by atoms with Crippen LogP contribution in [0.2, 0.25) is 0 Å². The van der Waals surface area contributed by atoms with Gasteiger partial charge in [0.2, 0.25) is 0 Å². The van der Waals surface area contributed by atoms with Gasteiger partial charge in [0.15, 0.2) is 0 Å². The summed E-state index contributed by atoms with van der Waals surface area (Å²) in [4.78, 5) is 0. The Hall–Kier alpha value is -0.760. The Morgan fingerprint density at radius 2 is 2.00 bits per heavy atom. The van der Waals surface area contributed by atoms with E-state index in [1.807, 2.05) is 6.07 Å². The van der Waals surface area contributed by atoms with Gasteiger partial charge in [0.25, 0.3) is 0 Å². The van der Waals surface area contributed by atoms with E-state index >= 15 is 0 Å². The van der Waals surface area contributed by atoms with Gasteiger partial charge in [-0.3, -0.25) is 0 Å². The minimum absolute atomic E-state index is 1.09. The normalized spacial score (nSPS) is 11.9. The van der Waals surface area contributed by atoms with E-state index in [1.54, 1.807) is 6.26 Å². The molecule has 0 unspecified atom stereocenters. The summed E-state index contributed by atoms with van der Waals surface area (Å²) in [7, 11) is 4.60. The molecule has 2 nitrogen and oxygen atoms in total. The highest BCUT2D eigenvalue weighted by Gasteiger charge is 2.10. The van der Waals surface area contributed by atoms with Gasteiger partial charge in [-0.1, -0.05) is 0 Å². The Labute approximate surface area is 93.5 Å². The lowest BCUT2D eigenvalue weighted by Gasteiger charge is -2.28. The fraction of sp³-hybridized carbons (Fsp3) is 0.692. The van der Waals surface area contributed by atoms with Gasteiger partial charge in [-0.05, 0) is 38.3 Å². The molecule has 2 heteroatoms. The third kappa shape index (κ3) is 5.03. The third-order valence-corrected chi connectivity index (χ3v) is 3.12. The monoisotopic (exact) mass is 210 g/mol. The molecule has 0 saturated carbocycles. The van der Waals surface area contributed by atoms with Crippen LogP contribution in [0.4, 0.5) is 0 Å². The molecule has 0 amide bonds. The van der Waals surface area contributed by atoms with Gasteiger partial charge in [-0.25, -0.2) is 0 Å². The van der Waals surface area contributed by atoms with Gasteiger partial charge >= 0.3 is 0 Å². The van der Waals surface area contributed by atoms with Crippen molar-refractivity contribution in [1.29, 1.82) is 0 Å². The van der Waals surface area contributed by atoms with Crippen LogP contribution in [0.25, 0.3) is 0 Å². The summed E-state index contributed by atoms with van der Waals surface area (Å²) in [6, 6.07) is 4.03. The molecular weight excluding hydrogens is 186 g/mol. The van der Waals surface area contributed by atoms with Crippen molar-refractivity contribution in [3.8, 4) is 0 Å². The van der Waals surface area contributed by atoms with Crippen LogP contribution in [0.5, 0.6) is 0 Å². The van der Waals surface area contributed by atoms with Crippen molar-refractivity contribution in [3.63, 3.8) is 0 Å². The second-order valence-corrected chi connectivity index (χ2v) is 4.87. The van der Waals surface area contributed by atoms with Crippen LogP contribution in [0.15, 0.2) is 22.8 Å². The summed E-state index contributed by atoms with van der Waals surface area (Å²) in [6.45, 7) is 4.76. The molecular formula is C13H24NO+. The topological polar surface area (TPSA) is 13.1 Å². The van der Waals surface area contributed by atoms with E-state index in [1.165, 1.54) is 32.4 Å². The summed E-state index contributed by atoms with van der Waals surface area (Å²) in [5.41, 5.74) is 0. The number of rotatable bonds is 7. The Morgan fingerprint density at radius 3 is 2.60 bits per heavy atom. The second kappa shape index (κ2) is 5.96. The number of nitrogens with zero attached hydrogens (tertiary/aromatic N) is 1. The fourth-order valence-corrected chi connectivity index (χ4v) is 1.63. The van der Waals surface area contributed by atoms with Crippen LogP contribution in [0.1, 0.15) is 31.9 Å². The number of quaternary nitrogens is 1. The van der Waals surface area contributed by atoms with Crippen LogP contribution >= 0.6 is 0 Å². The van der Waals surface area contributed by atoms with Crippen LogP contribution in [-0.2, 0) is 6.42 Å². The van der Waals surface area contributed by atoms with Crippen LogP contribution in [0.3, 0.4) is 0 Å². The number of aryl methyl sites for hydroxylation is 1. The SMILES string of the molecule is CC[N+](C)(C)CCCCCc1ccco1. The molecule has 1 aromatic rings. The molecule has 86 valence electrons. The first-order chi connectivity index (χ1) is 7.14. The molecule has 15 heavy (non-hydrogen) atoms. The Kier molecular flexibility index (Phi) is 4.89. The van der Waals surface area contributed by atoms with Crippen molar-refractivity contribution in [2.24, 2.45) is 0 Å². The highest BCUT2D eigenvalue weighted by Crippen LogP contribution is 2.08. The van der Waals surface area contributed by atoms with Gasteiger partial charge in [0.05, 0.1) is 33.4 Å². The first-order valence-electron chi connectivity index (χ1n) is 5.98. The molecule has 1 aromatic heterocycles. The molecule has 0 fully saturated rings. The smallest absolute Gasteiger partial charge is 0.103 e. The predicted molar refractivity (Wildman–Crippen MR) is 63.8 cm³/mol. The summed E-state index contributed by atoms with van der Waals surface area (Å²) in [6.07, 6.45) is 6.72. The van der Waals surface area contributed by atoms with Gasteiger partial charge in [0, 0.05) is 6.42 Å². The van der Waals surface area contributed by atoms with Gasteiger partial charge in [-0.2, -0.15) is 0 Å². The third-order valence-electron chi connectivity index (χ3n) is 3.12. The second-order valence-electron chi connectivity index (χ2n) is 4.87. The van der Waals surface area contributed by atoms with Crippen molar-refractivity contribution in [3.05, 3.63) is 24.2 Å². The zero-order chi connectivity index (χ0) is 11.1. The van der Waals surface area contributed by atoms with E-state index in [-0.39, 0.29) is 0 Å². The van der Waals surface area contributed by atoms with E-state index in [2.05, 4.69) is 27.1 Å². The van der Waals surface area contributed by atoms with E-state index < -0.39 is 0 Å². The molecule has 0 aromatic carbocycles. The lowest BCUT2D eigenvalue weighted by molar-refractivity contribution is -0.888. The van der Waals surface area contributed by atoms with E-state index in [0.29, 0.717) is 0 Å². The zero-order valence-electron chi connectivity index (χ0n) is 10.3. The maximum atomic E-state index is 5.30. The van der Waals surface area contributed by atoms with Crippen molar-refractivity contribution in [2.75, 3.05) is 27.2 Å². The lowest BCUT2D eigenvalue weighted by Crippen LogP contribution is -2.39. The molecule has 0 aliphatic carbocycles. The fourth-order valence-electron chi connectivity index (χ4n) is 1.63. The maximum absolute atomic E-state index is 5.30. The summed E-state index contributed by atoms with van der Waals surface area (Å²) in [5.74, 6) is 1.12. The van der Waals surface area contributed by atoms with Crippen LogP contribution in [0, 0.1) is 0 Å². The molecule has 0 aliphatic rings. The molecule has 0 radical (unpaired) electrons. The number of hydrogen-bond donors (Lipinski definition) is 0. The van der Waals surface area contributed by atoms with Gasteiger partial charge in [0.1, 0.15) is 5.76 Å². The summed E-state index contributed by atoms with van der Waals surface area (Å²) >= 11 is 0. The highest BCUT2D eigenvalue weighted by atomic mass is 16.3. The highest BCUT2D eigenvalue weighted by molar-refractivity contribution is 4.97.